The number of aliphatic hydroxyl groups excluding tert-OH is 3. The van der Waals surface area contributed by atoms with Crippen LogP contribution in [0.15, 0.2) is 96.2 Å². The smallest absolute Gasteiger partial charge is 0.573 e. The number of Topliss-reactive ketones (excluding diaryl/α,β-unsaturated/α-hetero) is 1. The Morgan fingerprint density at radius 2 is 1.67 bits per heavy atom. The molecular weight excluding hydrogens is 731 g/mol. The first-order chi connectivity index (χ1) is 26.1. The van der Waals surface area contributed by atoms with Crippen LogP contribution in [0.3, 0.4) is 0 Å². The van der Waals surface area contributed by atoms with E-state index in [0.29, 0.717) is 15.9 Å². The van der Waals surface area contributed by atoms with Crippen LogP contribution in [-0.4, -0.2) is 83.5 Å². The maximum atomic E-state index is 14.2. The second-order valence-electron chi connectivity index (χ2n) is 12.7. The van der Waals surface area contributed by atoms with Crippen LogP contribution in [0.5, 0.6) is 11.5 Å². The number of rotatable bonds is 11. The number of alkyl halides is 3. The highest BCUT2D eigenvalue weighted by Gasteiger charge is 2.46. The molecule has 0 saturated carbocycles. The van der Waals surface area contributed by atoms with E-state index in [1.54, 1.807) is 19.1 Å². The minimum atomic E-state index is -4.90. The van der Waals surface area contributed by atoms with Crippen molar-refractivity contribution >= 4 is 22.7 Å². The summed E-state index contributed by atoms with van der Waals surface area (Å²) in [6, 6.07) is 15.8. The summed E-state index contributed by atoms with van der Waals surface area (Å²) in [6.45, 7) is 2.63. The van der Waals surface area contributed by atoms with Crippen molar-refractivity contribution in [1.29, 1.82) is 0 Å². The lowest BCUT2D eigenvalue weighted by Gasteiger charge is -2.39. The van der Waals surface area contributed by atoms with Gasteiger partial charge in [-0.15, -0.1) is 13.2 Å². The Morgan fingerprint density at radius 3 is 2.33 bits per heavy atom. The van der Waals surface area contributed by atoms with Gasteiger partial charge in [-0.25, -0.2) is 9.97 Å². The summed E-state index contributed by atoms with van der Waals surface area (Å²) in [7, 11) is 0. The summed E-state index contributed by atoms with van der Waals surface area (Å²) in [4.78, 5) is 50.5. The number of amides is 1. The molecule has 0 spiro atoms. The van der Waals surface area contributed by atoms with Gasteiger partial charge < -0.3 is 39.6 Å². The lowest BCUT2D eigenvalue weighted by Crippen LogP contribution is -2.60. The Labute approximate surface area is 310 Å². The van der Waals surface area contributed by atoms with E-state index in [4.69, 9.17) is 14.5 Å². The number of fused-ring (bicyclic) bond motifs is 1. The van der Waals surface area contributed by atoms with Gasteiger partial charge in [-0.05, 0) is 74.0 Å². The predicted molar refractivity (Wildman–Crippen MR) is 184 cm³/mol. The zero-order chi connectivity index (χ0) is 39.6. The molecule has 288 valence electrons. The van der Waals surface area contributed by atoms with Crippen LogP contribution in [0, 0.1) is 5.21 Å². The second kappa shape index (κ2) is 15.8. The van der Waals surface area contributed by atoms with E-state index in [2.05, 4.69) is 9.72 Å². The lowest BCUT2D eigenvalue weighted by atomic mass is 9.97. The Hall–Kier alpha value is -5.95. The number of hydrogen-bond acceptors (Lipinski definition) is 12. The maximum absolute atomic E-state index is 14.2. The molecule has 3 N–H and O–H groups in total. The molecule has 0 bridgehead atoms. The molecular formula is C37H34F3N5O10. The van der Waals surface area contributed by atoms with Gasteiger partial charge in [0.15, 0.2) is 23.8 Å². The molecule has 1 fully saturated rings. The molecule has 1 aliphatic rings. The first-order valence-corrected chi connectivity index (χ1v) is 16.8. The molecule has 5 aromatic rings. The highest BCUT2D eigenvalue weighted by molar-refractivity contribution is 5.81. The van der Waals surface area contributed by atoms with Crippen LogP contribution in [0.25, 0.3) is 16.7 Å². The van der Waals surface area contributed by atoms with Crippen molar-refractivity contribution in [2.24, 2.45) is 0 Å². The summed E-state index contributed by atoms with van der Waals surface area (Å²) >= 11 is 0. The van der Waals surface area contributed by atoms with E-state index in [9.17, 15) is 48.1 Å². The normalized spacial score (nSPS) is 20.5. The summed E-state index contributed by atoms with van der Waals surface area (Å²) < 4.78 is 55.1. The fourth-order valence-corrected chi connectivity index (χ4v) is 6.11. The molecule has 1 aliphatic heterocycles. The van der Waals surface area contributed by atoms with Crippen LogP contribution in [0.4, 0.5) is 13.2 Å². The standard InChI is InChI=1S/C37H34F3N5O10/c1-20(44(19-23-5-4-16-43(52)18-23)28(47)17-22-7-11-26(12-8-22)55-37(38,39)40)34-42-33-27(6-3-15-41-33)35(51)45(34)24-9-13-25(14-10-24)53-36-31(50)29(48)30(49)32(54-36)21(2)46/h3-16,18,20,29-32,36,48-50H,17,19H2,1-2H3/t20-,29?,30?,31?,32?,36?/m1/s1. The van der Waals surface area contributed by atoms with Gasteiger partial charge in [-0.3, -0.25) is 19.0 Å². The van der Waals surface area contributed by atoms with E-state index >= 15 is 0 Å². The van der Waals surface area contributed by atoms with Gasteiger partial charge in [0, 0.05) is 17.8 Å². The third-order valence-electron chi connectivity index (χ3n) is 8.85. The number of ether oxygens (including phenoxy) is 3. The second-order valence-corrected chi connectivity index (χ2v) is 12.7. The quantitative estimate of drug-likeness (QED) is 0.131. The third-order valence-corrected chi connectivity index (χ3v) is 8.85. The number of carbonyl (C=O) groups excluding carboxylic acids is 2. The van der Waals surface area contributed by atoms with E-state index in [-0.39, 0.29) is 41.3 Å². The summed E-state index contributed by atoms with van der Waals surface area (Å²) in [6.07, 6.45) is -9.33. The molecule has 4 heterocycles. The van der Waals surface area contributed by atoms with Crippen molar-refractivity contribution < 1.29 is 57.0 Å². The fourth-order valence-electron chi connectivity index (χ4n) is 6.11. The topological polar surface area (TPSA) is 200 Å². The van der Waals surface area contributed by atoms with E-state index in [1.807, 2.05) is 0 Å². The zero-order valence-corrected chi connectivity index (χ0v) is 29.1. The Balaban J connectivity index is 1.36. The molecule has 2 aromatic carbocycles. The van der Waals surface area contributed by atoms with Gasteiger partial charge >= 0.3 is 6.36 Å². The number of benzene rings is 2. The number of hydrogen-bond donors (Lipinski definition) is 3. The Kier molecular flexibility index (Phi) is 11.1. The first-order valence-electron chi connectivity index (χ1n) is 16.8. The minimum Gasteiger partial charge on any atom is -0.619 e. The van der Waals surface area contributed by atoms with E-state index in [0.717, 1.165) is 19.1 Å². The molecule has 1 amide bonds. The zero-order valence-electron chi connectivity index (χ0n) is 29.1. The first kappa shape index (κ1) is 38.8. The fraction of sp³-hybridized carbons (Fsp3) is 0.297. The van der Waals surface area contributed by atoms with Crippen molar-refractivity contribution in [2.75, 3.05) is 0 Å². The number of aliphatic hydroxyl groups is 3. The molecule has 55 heavy (non-hydrogen) atoms. The largest absolute Gasteiger partial charge is 0.619 e. The number of aromatic nitrogens is 4. The third kappa shape index (κ3) is 8.73. The van der Waals surface area contributed by atoms with Crippen molar-refractivity contribution in [3.05, 3.63) is 124 Å². The molecule has 0 radical (unpaired) electrons. The Bertz CT molecular complexity index is 2240. The van der Waals surface area contributed by atoms with Gasteiger partial charge in [-0.1, -0.05) is 12.1 Å². The average molecular weight is 766 g/mol. The highest BCUT2D eigenvalue weighted by Crippen LogP contribution is 2.29. The van der Waals surface area contributed by atoms with Gasteiger partial charge in [0.1, 0.15) is 41.7 Å². The monoisotopic (exact) mass is 765 g/mol. The van der Waals surface area contributed by atoms with E-state index in [1.165, 1.54) is 76.6 Å². The van der Waals surface area contributed by atoms with Gasteiger partial charge in [-0.2, -0.15) is 4.73 Å². The highest BCUT2D eigenvalue weighted by atomic mass is 19.4. The van der Waals surface area contributed by atoms with Crippen LogP contribution in [-0.2, 0) is 27.3 Å². The minimum absolute atomic E-state index is 0.0607. The Morgan fingerprint density at radius 1 is 0.982 bits per heavy atom. The van der Waals surface area contributed by atoms with Crippen LogP contribution < -0.4 is 19.8 Å². The summed E-state index contributed by atoms with van der Waals surface area (Å²) in [5.41, 5.74) is 0.570. The molecule has 1 saturated heterocycles. The van der Waals surface area contributed by atoms with Gasteiger partial charge in [0.05, 0.1) is 30.1 Å². The SMILES string of the molecule is CC(=O)C1OC(Oc2ccc(-n3c([C@@H](C)N(Cc4ccc[n+]([O-])c4)C(=O)Cc4ccc(OC(F)(F)F)cc4)nc4ncccc4c3=O)cc2)C(O)C(O)C1O. The van der Waals surface area contributed by atoms with E-state index < -0.39 is 66.1 Å². The van der Waals surface area contributed by atoms with Crippen LogP contribution in [0.2, 0.25) is 0 Å². The number of ketones is 1. The average Bonchev–Trinajstić information content (AvgIpc) is 3.14. The summed E-state index contributed by atoms with van der Waals surface area (Å²) in [5.74, 6) is -1.43. The number of carbonyl (C=O) groups is 2. The molecule has 18 heteroatoms. The van der Waals surface area contributed by atoms with Gasteiger partial charge in [0.2, 0.25) is 12.2 Å². The number of halogens is 3. The van der Waals surface area contributed by atoms with Crippen molar-refractivity contribution in [2.45, 2.75) is 69.9 Å². The number of pyridine rings is 2. The van der Waals surface area contributed by atoms with Crippen molar-refractivity contribution in [1.82, 2.24) is 19.4 Å². The molecule has 6 atom stereocenters. The lowest BCUT2D eigenvalue weighted by molar-refractivity contribution is -0.605. The van der Waals surface area contributed by atoms with Crippen LogP contribution >= 0.6 is 0 Å². The molecule has 6 rings (SSSR count). The molecule has 3 aromatic heterocycles. The number of nitrogens with zero attached hydrogens (tertiary/aromatic N) is 5. The van der Waals surface area contributed by atoms with Crippen molar-refractivity contribution in [3.63, 3.8) is 0 Å². The van der Waals surface area contributed by atoms with Gasteiger partial charge in [0.25, 0.3) is 5.56 Å². The molecule has 0 aliphatic carbocycles. The summed E-state index contributed by atoms with van der Waals surface area (Å²) in [5, 5.41) is 43.2. The molecule has 5 unspecified atom stereocenters. The van der Waals surface area contributed by atoms with Crippen molar-refractivity contribution in [3.8, 4) is 17.2 Å². The van der Waals surface area contributed by atoms with Crippen LogP contribution in [0.1, 0.15) is 36.8 Å². The molecule has 15 nitrogen and oxygen atoms in total. The maximum Gasteiger partial charge on any atom is 0.573 e. The predicted octanol–water partition coefficient (Wildman–Crippen LogP) is 2.42.